The molecule has 0 spiro atoms. The maximum atomic E-state index is 12.0. The molecule has 2 N–H and O–H groups in total. The molecule has 1 fully saturated rings. The highest BCUT2D eigenvalue weighted by atomic mass is 35.5. The molecule has 2 atom stereocenters. The second-order valence-corrected chi connectivity index (χ2v) is 5.52. The van der Waals surface area contributed by atoms with Crippen molar-refractivity contribution in [2.75, 3.05) is 20.2 Å². The fraction of sp³-hybridized carbons (Fsp3) is 0.857. The standard InChI is InChI=1S/C14H26N2O3.ClH/c1-4-8-14(2,13(18)19-3)16-12(17)6-5-11-7-9-15-10-11;/h11,15H,4-10H2,1-3H3,(H,16,17);1H. The summed E-state index contributed by atoms with van der Waals surface area (Å²) in [5.74, 6) is 0.153. The van der Waals surface area contributed by atoms with Crippen molar-refractivity contribution in [2.24, 2.45) is 5.92 Å². The molecule has 0 aromatic rings. The minimum absolute atomic E-state index is 0. The van der Waals surface area contributed by atoms with E-state index in [1.807, 2.05) is 6.92 Å². The van der Waals surface area contributed by atoms with Crippen LogP contribution in [0.15, 0.2) is 0 Å². The SMILES string of the molecule is CCCC(C)(NC(=O)CCC1CCNC1)C(=O)OC.Cl. The van der Waals surface area contributed by atoms with Crippen molar-refractivity contribution in [3.63, 3.8) is 0 Å². The van der Waals surface area contributed by atoms with E-state index in [0.29, 0.717) is 18.8 Å². The van der Waals surface area contributed by atoms with Gasteiger partial charge in [0.2, 0.25) is 5.91 Å². The predicted molar refractivity (Wildman–Crippen MR) is 80.9 cm³/mol. The van der Waals surface area contributed by atoms with Gasteiger partial charge >= 0.3 is 5.97 Å². The van der Waals surface area contributed by atoms with E-state index in [-0.39, 0.29) is 24.3 Å². The van der Waals surface area contributed by atoms with E-state index >= 15 is 0 Å². The van der Waals surface area contributed by atoms with Gasteiger partial charge in [0.15, 0.2) is 0 Å². The topological polar surface area (TPSA) is 67.4 Å². The molecule has 1 aliphatic rings. The van der Waals surface area contributed by atoms with Crippen molar-refractivity contribution >= 4 is 24.3 Å². The molecular formula is C14H27ClN2O3. The minimum atomic E-state index is -0.894. The zero-order valence-electron chi connectivity index (χ0n) is 12.7. The number of esters is 1. The Hall–Kier alpha value is -0.810. The van der Waals surface area contributed by atoms with Crippen LogP contribution in [0.4, 0.5) is 0 Å². The van der Waals surface area contributed by atoms with Crippen LogP contribution in [-0.2, 0) is 14.3 Å². The lowest BCUT2D eigenvalue weighted by Crippen LogP contribution is -2.52. The molecule has 2 unspecified atom stereocenters. The van der Waals surface area contributed by atoms with Crippen molar-refractivity contribution < 1.29 is 14.3 Å². The molecule has 0 aromatic carbocycles. The molecule has 5 nitrogen and oxygen atoms in total. The quantitative estimate of drug-likeness (QED) is 0.702. The molecule has 0 radical (unpaired) electrons. The molecule has 1 heterocycles. The highest BCUT2D eigenvalue weighted by Crippen LogP contribution is 2.17. The zero-order valence-corrected chi connectivity index (χ0v) is 13.5. The Kier molecular flexibility index (Phi) is 8.81. The van der Waals surface area contributed by atoms with Gasteiger partial charge in [0, 0.05) is 6.42 Å². The Bertz CT molecular complexity index is 320. The number of ether oxygens (including phenoxy) is 1. The molecule has 118 valence electrons. The zero-order chi connectivity index (χ0) is 14.3. The molecule has 0 aliphatic carbocycles. The molecule has 1 saturated heterocycles. The number of methoxy groups -OCH3 is 1. The highest BCUT2D eigenvalue weighted by Gasteiger charge is 2.35. The Morgan fingerprint density at radius 2 is 2.15 bits per heavy atom. The summed E-state index contributed by atoms with van der Waals surface area (Å²) in [5, 5.41) is 6.12. The summed E-state index contributed by atoms with van der Waals surface area (Å²) >= 11 is 0. The average Bonchev–Trinajstić information content (AvgIpc) is 2.88. The smallest absolute Gasteiger partial charge is 0.331 e. The van der Waals surface area contributed by atoms with Crippen molar-refractivity contribution in [1.82, 2.24) is 10.6 Å². The highest BCUT2D eigenvalue weighted by molar-refractivity contribution is 5.87. The molecule has 0 bridgehead atoms. The second kappa shape index (κ2) is 9.19. The Morgan fingerprint density at radius 1 is 1.45 bits per heavy atom. The van der Waals surface area contributed by atoms with Gasteiger partial charge < -0.3 is 15.4 Å². The van der Waals surface area contributed by atoms with Crippen molar-refractivity contribution in [2.45, 2.75) is 51.5 Å². The number of amides is 1. The van der Waals surface area contributed by atoms with E-state index in [4.69, 9.17) is 4.74 Å². The van der Waals surface area contributed by atoms with Crippen LogP contribution in [0.2, 0.25) is 0 Å². The van der Waals surface area contributed by atoms with Crippen LogP contribution >= 0.6 is 12.4 Å². The Morgan fingerprint density at radius 3 is 2.65 bits per heavy atom. The van der Waals surface area contributed by atoms with Crippen molar-refractivity contribution in [1.29, 1.82) is 0 Å². The fourth-order valence-electron chi connectivity index (χ4n) is 2.61. The molecule has 0 aromatic heterocycles. The van der Waals surface area contributed by atoms with E-state index < -0.39 is 5.54 Å². The van der Waals surface area contributed by atoms with Crippen LogP contribution in [0, 0.1) is 5.92 Å². The first-order chi connectivity index (χ1) is 9.01. The monoisotopic (exact) mass is 306 g/mol. The van der Waals surface area contributed by atoms with E-state index in [0.717, 1.165) is 32.4 Å². The number of rotatable bonds is 7. The summed E-state index contributed by atoms with van der Waals surface area (Å²) in [6.45, 7) is 5.76. The van der Waals surface area contributed by atoms with Crippen molar-refractivity contribution in [3.05, 3.63) is 0 Å². The molecule has 1 amide bonds. The average molecular weight is 307 g/mol. The van der Waals surface area contributed by atoms with Gasteiger partial charge in [0.25, 0.3) is 0 Å². The normalized spacial score (nSPS) is 20.6. The van der Waals surface area contributed by atoms with Crippen molar-refractivity contribution in [3.8, 4) is 0 Å². The van der Waals surface area contributed by atoms with Gasteiger partial charge in [-0.25, -0.2) is 4.79 Å². The first kappa shape index (κ1) is 19.2. The molecular weight excluding hydrogens is 280 g/mol. The largest absolute Gasteiger partial charge is 0.467 e. The molecule has 0 saturated carbocycles. The van der Waals surface area contributed by atoms with Crippen LogP contribution < -0.4 is 10.6 Å². The lowest BCUT2D eigenvalue weighted by Gasteiger charge is -2.27. The van der Waals surface area contributed by atoms with Crippen LogP contribution in [0.25, 0.3) is 0 Å². The fourth-order valence-corrected chi connectivity index (χ4v) is 2.61. The predicted octanol–water partition coefficient (Wildman–Crippen LogP) is 1.65. The van der Waals surface area contributed by atoms with Gasteiger partial charge in [0.05, 0.1) is 7.11 Å². The van der Waals surface area contributed by atoms with Gasteiger partial charge in [-0.15, -0.1) is 12.4 Å². The number of nitrogens with one attached hydrogen (secondary N) is 2. The lowest BCUT2D eigenvalue weighted by molar-refractivity contribution is -0.150. The summed E-state index contributed by atoms with van der Waals surface area (Å²) in [4.78, 5) is 23.7. The lowest BCUT2D eigenvalue weighted by atomic mass is 9.95. The van der Waals surface area contributed by atoms with Crippen LogP contribution in [-0.4, -0.2) is 37.6 Å². The third-order valence-electron chi connectivity index (χ3n) is 3.74. The molecule has 1 aliphatic heterocycles. The molecule has 6 heteroatoms. The maximum absolute atomic E-state index is 12.0. The summed E-state index contributed by atoms with van der Waals surface area (Å²) in [6.07, 6.45) is 3.90. The summed E-state index contributed by atoms with van der Waals surface area (Å²) in [7, 11) is 1.35. The number of hydrogen-bond donors (Lipinski definition) is 2. The maximum Gasteiger partial charge on any atom is 0.331 e. The van der Waals surface area contributed by atoms with E-state index in [2.05, 4.69) is 10.6 Å². The van der Waals surface area contributed by atoms with E-state index in [1.54, 1.807) is 6.92 Å². The molecule has 20 heavy (non-hydrogen) atoms. The van der Waals surface area contributed by atoms with E-state index in [1.165, 1.54) is 7.11 Å². The van der Waals surface area contributed by atoms with E-state index in [9.17, 15) is 9.59 Å². The second-order valence-electron chi connectivity index (χ2n) is 5.52. The van der Waals surface area contributed by atoms with Gasteiger partial charge in [0.1, 0.15) is 5.54 Å². The van der Waals surface area contributed by atoms with Gasteiger partial charge in [-0.05, 0) is 45.2 Å². The van der Waals surface area contributed by atoms with Gasteiger partial charge in [-0.3, -0.25) is 4.79 Å². The minimum Gasteiger partial charge on any atom is -0.467 e. The van der Waals surface area contributed by atoms with Crippen LogP contribution in [0.5, 0.6) is 0 Å². The van der Waals surface area contributed by atoms with Crippen LogP contribution in [0.3, 0.4) is 0 Å². The number of carbonyl (C=O) groups excluding carboxylic acids is 2. The number of halogens is 1. The summed E-state index contributed by atoms with van der Waals surface area (Å²) < 4.78 is 4.78. The Labute approximate surface area is 127 Å². The van der Waals surface area contributed by atoms with Gasteiger partial charge in [-0.1, -0.05) is 13.3 Å². The third-order valence-corrected chi connectivity index (χ3v) is 3.74. The third kappa shape index (κ3) is 5.67. The first-order valence-electron chi connectivity index (χ1n) is 7.12. The Balaban J connectivity index is 0.00000361. The molecule has 1 rings (SSSR count). The van der Waals surface area contributed by atoms with Gasteiger partial charge in [-0.2, -0.15) is 0 Å². The first-order valence-corrected chi connectivity index (χ1v) is 7.12. The number of hydrogen-bond acceptors (Lipinski definition) is 4. The number of carbonyl (C=O) groups is 2. The van der Waals surface area contributed by atoms with Crippen LogP contribution in [0.1, 0.15) is 46.0 Å². The summed E-state index contributed by atoms with van der Waals surface area (Å²) in [5.41, 5.74) is -0.894. The summed E-state index contributed by atoms with van der Waals surface area (Å²) in [6, 6.07) is 0.